The number of carbonyl (C=O) groups is 1. The van der Waals surface area contributed by atoms with E-state index in [1.54, 1.807) is 11.0 Å². The van der Waals surface area contributed by atoms with E-state index < -0.39 is 5.60 Å². The fourth-order valence-electron chi connectivity index (χ4n) is 2.60. The molecule has 108 valence electrons. The maximum atomic E-state index is 12.1. The summed E-state index contributed by atoms with van der Waals surface area (Å²) in [6.07, 6.45) is 4.03. The lowest BCUT2D eigenvalue weighted by Crippen LogP contribution is -2.43. The number of hydrogen-bond acceptors (Lipinski definition) is 3. The molecule has 0 radical (unpaired) electrons. The van der Waals surface area contributed by atoms with Crippen molar-refractivity contribution < 1.29 is 9.90 Å². The third kappa shape index (κ3) is 3.92. The predicted molar refractivity (Wildman–Crippen MR) is 80.2 cm³/mol. The number of rotatable bonds is 4. The van der Waals surface area contributed by atoms with Gasteiger partial charge in [-0.15, -0.1) is 0 Å². The first kappa shape index (κ1) is 14.8. The molecule has 20 heavy (non-hydrogen) atoms. The van der Waals surface area contributed by atoms with Crippen molar-refractivity contribution in [2.75, 3.05) is 33.7 Å². The predicted octanol–water partition coefficient (Wildman–Crippen LogP) is 1.22. The van der Waals surface area contributed by atoms with Gasteiger partial charge in [-0.1, -0.05) is 30.3 Å². The van der Waals surface area contributed by atoms with E-state index in [0.717, 1.165) is 5.56 Å². The summed E-state index contributed by atoms with van der Waals surface area (Å²) in [7, 11) is 3.86. The van der Waals surface area contributed by atoms with Gasteiger partial charge in [0.15, 0.2) is 0 Å². The van der Waals surface area contributed by atoms with Crippen LogP contribution in [0.4, 0.5) is 0 Å². The zero-order valence-corrected chi connectivity index (χ0v) is 12.1. The number of amides is 1. The molecule has 1 aromatic carbocycles. The number of nitrogens with zero attached hydrogens (tertiary/aromatic N) is 2. The molecule has 1 fully saturated rings. The van der Waals surface area contributed by atoms with Gasteiger partial charge in [0.25, 0.3) is 0 Å². The fourth-order valence-corrected chi connectivity index (χ4v) is 2.60. The van der Waals surface area contributed by atoms with E-state index in [1.807, 2.05) is 55.4 Å². The molecule has 2 rings (SSSR count). The lowest BCUT2D eigenvalue weighted by atomic mass is 10.0. The molecule has 0 unspecified atom stereocenters. The molecule has 0 aliphatic carbocycles. The summed E-state index contributed by atoms with van der Waals surface area (Å²) in [6.45, 7) is 1.60. The number of hydrogen-bond donors (Lipinski definition) is 1. The van der Waals surface area contributed by atoms with Gasteiger partial charge >= 0.3 is 0 Å². The van der Waals surface area contributed by atoms with Crippen LogP contribution in [-0.4, -0.2) is 60.1 Å². The van der Waals surface area contributed by atoms with E-state index in [9.17, 15) is 9.90 Å². The van der Waals surface area contributed by atoms with Crippen molar-refractivity contribution in [2.45, 2.75) is 12.0 Å². The largest absolute Gasteiger partial charge is 0.387 e. The highest BCUT2D eigenvalue weighted by Gasteiger charge is 2.37. The molecule has 0 saturated carbocycles. The van der Waals surface area contributed by atoms with Crippen LogP contribution >= 0.6 is 0 Å². The van der Waals surface area contributed by atoms with Crippen molar-refractivity contribution in [3.63, 3.8) is 0 Å². The average molecular weight is 274 g/mol. The molecule has 4 nitrogen and oxygen atoms in total. The monoisotopic (exact) mass is 274 g/mol. The minimum Gasteiger partial charge on any atom is -0.387 e. The molecule has 1 atom stereocenters. The highest BCUT2D eigenvalue weighted by atomic mass is 16.3. The van der Waals surface area contributed by atoms with Gasteiger partial charge in [0.2, 0.25) is 5.91 Å². The van der Waals surface area contributed by atoms with Crippen LogP contribution in [0.5, 0.6) is 0 Å². The third-order valence-electron chi connectivity index (χ3n) is 3.47. The number of likely N-dealkylation sites (tertiary alicyclic amines) is 1. The Labute approximate surface area is 120 Å². The van der Waals surface area contributed by atoms with Crippen molar-refractivity contribution >= 4 is 12.0 Å². The number of carbonyl (C=O) groups excluding carboxylic acids is 1. The smallest absolute Gasteiger partial charge is 0.246 e. The summed E-state index contributed by atoms with van der Waals surface area (Å²) < 4.78 is 0. The summed E-state index contributed by atoms with van der Waals surface area (Å²) in [6, 6.07) is 9.74. The van der Waals surface area contributed by atoms with E-state index in [1.165, 1.54) is 0 Å². The van der Waals surface area contributed by atoms with Gasteiger partial charge in [-0.3, -0.25) is 4.79 Å². The Morgan fingerprint density at radius 3 is 2.75 bits per heavy atom. The first-order valence-corrected chi connectivity index (χ1v) is 6.88. The Kier molecular flexibility index (Phi) is 4.57. The molecule has 1 aliphatic heterocycles. The van der Waals surface area contributed by atoms with Crippen molar-refractivity contribution in [2.24, 2.45) is 0 Å². The number of β-amino-alcohol motifs (C(OH)–C–C–N with tert-alkyl or cyclic N) is 1. The topological polar surface area (TPSA) is 43.8 Å². The molecule has 1 N–H and O–H groups in total. The van der Waals surface area contributed by atoms with Gasteiger partial charge in [0.05, 0.1) is 12.1 Å². The maximum Gasteiger partial charge on any atom is 0.246 e. The molecule has 4 heteroatoms. The summed E-state index contributed by atoms with van der Waals surface area (Å²) in [5.74, 6) is -0.0384. The number of benzene rings is 1. The van der Waals surface area contributed by atoms with Gasteiger partial charge in [-0.2, -0.15) is 0 Å². The molecule has 1 amide bonds. The van der Waals surface area contributed by atoms with Crippen LogP contribution in [0, 0.1) is 0 Å². The summed E-state index contributed by atoms with van der Waals surface area (Å²) in [5.41, 5.74) is 0.225. The Morgan fingerprint density at radius 1 is 1.40 bits per heavy atom. The fraction of sp³-hybridized carbons (Fsp3) is 0.438. The average Bonchev–Trinajstić information content (AvgIpc) is 2.78. The molecule has 0 spiro atoms. The van der Waals surface area contributed by atoms with Crippen LogP contribution in [0.15, 0.2) is 36.4 Å². The number of likely N-dealkylation sites (N-methyl/N-ethyl adjacent to an activating group) is 1. The third-order valence-corrected chi connectivity index (χ3v) is 3.47. The van der Waals surface area contributed by atoms with Crippen LogP contribution in [0.1, 0.15) is 12.0 Å². The molecule has 1 aliphatic rings. The Balaban J connectivity index is 1.93. The van der Waals surface area contributed by atoms with Gasteiger partial charge in [0.1, 0.15) is 0 Å². The van der Waals surface area contributed by atoms with Crippen LogP contribution in [-0.2, 0) is 4.79 Å². The van der Waals surface area contributed by atoms with E-state index in [2.05, 4.69) is 0 Å². The van der Waals surface area contributed by atoms with Gasteiger partial charge < -0.3 is 14.9 Å². The Morgan fingerprint density at radius 2 is 2.10 bits per heavy atom. The zero-order valence-electron chi connectivity index (χ0n) is 12.1. The molecule has 1 aromatic rings. The first-order chi connectivity index (χ1) is 9.48. The molecule has 1 heterocycles. The molecule has 0 bridgehead atoms. The molecular formula is C16H22N2O2. The van der Waals surface area contributed by atoms with Crippen molar-refractivity contribution in [1.82, 2.24) is 9.80 Å². The van der Waals surface area contributed by atoms with Gasteiger partial charge in [-0.05, 0) is 32.2 Å². The quantitative estimate of drug-likeness (QED) is 0.840. The molecule has 0 aromatic heterocycles. The van der Waals surface area contributed by atoms with Crippen LogP contribution in [0.2, 0.25) is 0 Å². The van der Waals surface area contributed by atoms with Crippen molar-refractivity contribution in [3.8, 4) is 0 Å². The standard InChI is InChI=1S/C16H22N2O2/c1-17(2)12-16(20)10-11-18(13-16)15(19)9-8-14-6-4-3-5-7-14/h3-9,20H,10-13H2,1-2H3/b9-8+/t16-/m1/s1. The summed E-state index contributed by atoms with van der Waals surface area (Å²) in [5, 5.41) is 10.4. The second-order valence-electron chi connectivity index (χ2n) is 5.72. The van der Waals surface area contributed by atoms with Crippen LogP contribution < -0.4 is 0 Å². The molecular weight excluding hydrogens is 252 g/mol. The normalized spacial score (nSPS) is 22.9. The van der Waals surface area contributed by atoms with Crippen LogP contribution in [0.3, 0.4) is 0 Å². The summed E-state index contributed by atoms with van der Waals surface area (Å²) in [4.78, 5) is 15.8. The Bertz CT molecular complexity index is 485. The minimum atomic E-state index is -0.778. The second-order valence-corrected chi connectivity index (χ2v) is 5.72. The highest BCUT2D eigenvalue weighted by Crippen LogP contribution is 2.22. The maximum absolute atomic E-state index is 12.1. The lowest BCUT2D eigenvalue weighted by Gasteiger charge is -2.26. The van der Waals surface area contributed by atoms with Crippen molar-refractivity contribution in [3.05, 3.63) is 42.0 Å². The first-order valence-electron chi connectivity index (χ1n) is 6.88. The van der Waals surface area contributed by atoms with Crippen LogP contribution in [0.25, 0.3) is 6.08 Å². The highest BCUT2D eigenvalue weighted by molar-refractivity contribution is 5.92. The zero-order chi connectivity index (χ0) is 14.6. The van der Waals surface area contributed by atoms with E-state index in [0.29, 0.717) is 26.1 Å². The van der Waals surface area contributed by atoms with E-state index in [4.69, 9.17) is 0 Å². The summed E-state index contributed by atoms with van der Waals surface area (Å²) >= 11 is 0. The lowest BCUT2D eigenvalue weighted by molar-refractivity contribution is -0.126. The minimum absolute atomic E-state index is 0.0384. The van der Waals surface area contributed by atoms with Gasteiger partial charge in [-0.25, -0.2) is 0 Å². The van der Waals surface area contributed by atoms with Crippen molar-refractivity contribution in [1.29, 1.82) is 0 Å². The second kappa shape index (κ2) is 6.20. The van der Waals surface area contributed by atoms with Gasteiger partial charge in [0, 0.05) is 19.2 Å². The Hall–Kier alpha value is -1.65. The van der Waals surface area contributed by atoms with E-state index in [-0.39, 0.29) is 5.91 Å². The van der Waals surface area contributed by atoms with E-state index >= 15 is 0 Å². The number of aliphatic hydroxyl groups is 1. The molecule has 1 saturated heterocycles. The SMILES string of the molecule is CN(C)C[C@]1(O)CCN(C(=O)/C=C/c2ccccc2)C1.